The summed E-state index contributed by atoms with van der Waals surface area (Å²) in [6, 6.07) is 13.0. The summed E-state index contributed by atoms with van der Waals surface area (Å²) in [6.07, 6.45) is 3.92. The van der Waals surface area contributed by atoms with Crippen LogP contribution >= 0.6 is 0 Å². The number of hydrogen-bond donors (Lipinski definition) is 0. The van der Waals surface area contributed by atoms with E-state index in [2.05, 4.69) is 9.97 Å². The van der Waals surface area contributed by atoms with Crippen LogP contribution in [0.3, 0.4) is 0 Å². The maximum absolute atomic E-state index is 10.9. The third-order valence-corrected chi connectivity index (χ3v) is 2.71. The number of para-hydroxylation sites is 1. The Morgan fingerprint density at radius 3 is 2.84 bits per heavy atom. The van der Waals surface area contributed by atoms with Gasteiger partial charge in [0.1, 0.15) is 5.75 Å². The molecule has 0 N–H and O–H groups in total. The molecule has 0 aliphatic rings. The molecule has 4 heteroatoms. The van der Waals surface area contributed by atoms with Crippen molar-refractivity contribution < 1.29 is 9.53 Å². The van der Waals surface area contributed by atoms with E-state index in [1.54, 1.807) is 24.5 Å². The van der Waals surface area contributed by atoms with Gasteiger partial charge in [-0.05, 0) is 24.3 Å². The number of ether oxygens (including phenoxy) is 1. The highest BCUT2D eigenvalue weighted by Gasteiger charge is 2.06. The van der Waals surface area contributed by atoms with Crippen molar-refractivity contribution in [3.05, 3.63) is 60.4 Å². The Labute approximate surface area is 109 Å². The maximum atomic E-state index is 10.9. The fraction of sp³-hybridized carbons (Fsp3) is 0. The van der Waals surface area contributed by atoms with Crippen molar-refractivity contribution in [2.24, 2.45) is 0 Å². The maximum Gasteiger partial charge on any atom is 0.229 e. The Kier molecular flexibility index (Phi) is 2.90. The van der Waals surface area contributed by atoms with Crippen LogP contribution in [0.25, 0.3) is 10.9 Å². The predicted octanol–water partition coefficient (Wildman–Crippen LogP) is 3.23. The highest BCUT2D eigenvalue weighted by atomic mass is 16.5. The molecule has 3 aromatic rings. The first-order valence-corrected chi connectivity index (χ1v) is 5.79. The third-order valence-electron chi connectivity index (χ3n) is 2.71. The lowest BCUT2D eigenvalue weighted by Crippen LogP contribution is -1.93. The van der Waals surface area contributed by atoms with Crippen LogP contribution in [0.2, 0.25) is 0 Å². The Hall–Kier alpha value is -2.75. The van der Waals surface area contributed by atoms with E-state index in [9.17, 15) is 4.79 Å². The second-order valence-corrected chi connectivity index (χ2v) is 3.98. The molecule has 0 fully saturated rings. The van der Waals surface area contributed by atoms with Crippen molar-refractivity contribution in [2.75, 3.05) is 0 Å². The van der Waals surface area contributed by atoms with Crippen molar-refractivity contribution in [1.29, 1.82) is 0 Å². The number of pyridine rings is 2. The van der Waals surface area contributed by atoms with Gasteiger partial charge in [-0.2, -0.15) is 0 Å². The SMILES string of the molecule is O=Cc1cccnc1Oc1cnc2ccccc2c1. The van der Waals surface area contributed by atoms with E-state index in [1.165, 1.54) is 0 Å². The normalized spacial score (nSPS) is 10.3. The van der Waals surface area contributed by atoms with E-state index in [4.69, 9.17) is 4.74 Å². The van der Waals surface area contributed by atoms with Crippen LogP contribution in [0.5, 0.6) is 11.6 Å². The summed E-state index contributed by atoms with van der Waals surface area (Å²) >= 11 is 0. The molecule has 0 atom stereocenters. The van der Waals surface area contributed by atoms with Gasteiger partial charge in [-0.3, -0.25) is 9.78 Å². The molecule has 2 heterocycles. The van der Waals surface area contributed by atoms with Crippen LogP contribution < -0.4 is 4.74 Å². The molecule has 0 amide bonds. The van der Waals surface area contributed by atoms with Crippen molar-refractivity contribution in [1.82, 2.24) is 9.97 Å². The van der Waals surface area contributed by atoms with Crippen LogP contribution in [0.4, 0.5) is 0 Å². The van der Waals surface area contributed by atoms with E-state index >= 15 is 0 Å². The topological polar surface area (TPSA) is 52.1 Å². The number of hydrogen-bond acceptors (Lipinski definition) is 4. The Balaban J connectivity index is 1.99. The Bertz CT molecular complexity index is 741. The van der Waals surface area contributed by atoms with Gasteiger partial charge in [0.05, 0.1) is 17.3 Å². The van der Waals surface area contributed by atoms with Crippen molar-refractivity contribution in [3.63, 3.8) is 0 Å². The van der Waals surface area contributed by atoms with Crippen molar-refractivity contribution in [2.45, 2.75) is 0 Å². The van der Waals surface area contributed by atoms with Gasteiger partial charge >= 0.3 is 0 Å². The molecule has 3 rings (SSSR count). The summed E-state index contributed by atoms with van der Waals surface area (Å²) < 4.78 is 5.60. The second-order valence-electron chi connectivity index (χ2n) is 3.98. The lowest BCUT2D eigenvalue weighted by Gasteiger charge is -2.06. The largest absolute Gasteiger partial charge is 0.437 e. The van der Waals surface area contributed by atoms with Crippen LogP contribution in [0.15, 0.2) is 54.9 Å². The molecule has 1 aromatic carbocycles. The number of aldehydes is 1. The molecule has 4 nitrogen and oxygen atoms in total. The molecule has 0 saturated heterocycles. The number of rotatable bonds is 3. The standard InChI is InChI=1S/C15H10N2O2/c18-10-12-5-3-7-16-15(12)19-13-8-11-4-1-2-6-14(11)17-9-13/h1-10H. The second kappa shape index (κ2) is 4.86. The number of benzene rings is 1. The molecular weight excluding hydrogens is 240 g/mol. The lowest BCUT2D eigenvalue weighted by molar-refractivity contribution is 0.112. The molecule has 19 heavy (non-hydrogen) atoms. The van der Waals surface area contributed by atoms with Gasteiger partial charge < -0.3 is 4.74 Å². The summed E-state index contributed by atoms with van der Waals surface area (Å²) in [5.74, 6) is 0.843. The highest BCUT2D eigenvalue weighted by molar-refractivity contribution is 5.80. The van der Waals surface area contributed by atoms with Gasteiger partial charge in [-0.1, -0.05) is 18.2 Å². The molecule has 2 aromatic heterocycles. The smallest absolute Gasteiger partial charge is 0.229 e. The Morgan fingerprint density at radius 1 is 1.05 bits per heavy atom. The van der Waals surface area contributed by atoms with Gasteiger partial charge in [-0.15, -0.1) is 0 Å². The van der Waals surface area contributed by atoms with E-state index in [-0.39, 0.29) is 5.88 Å². The zero-order valence-electron chi connectivity index (χ0n) is 9.98. The minimum atomic E-state index is 0.287. The van der Waals surface area contributed by atoms with Crippen LogP contribution in [0, 0.1) is 0 Å². The summed E-state index contributed by atoms with van der Waals surface area (Å²) in [6.45, 7) is 0. The first-order valence-electron chi connectivity index (χ1n) is 5.79. The summed E-state index contributed by atoms with van der Waals surface area (Å²) in [5, 5.41) is 0.976. The number of nitrogens with zero attached hydrogens (tertiary/aromatic N) is 2. The van der Waals surface area contributed by atoms with E-state index < -0.39 is 0 Å². The lowest BCUT2D eigenvalue weighted by atomic mass is 10.2. The fourth-order valence-electron chi connectivity index (χ4n) is 1.80. The number of aromatic nitrogens is 2. The van der Waals surface area contributed by atoms with Gasteiger partial charge in [0.15, 0.2) is 6.29 Å². The monoisotopic (exact) mass is 250 g/mol. The molecule has 0 saturated carbocycles. The number of carbonyl (C=O) groups is 1. The average molecular weight is 250 g/mol. The summed E-state index contributed by atoms with van der Waals surface area (Å²) in [5.41, 5.74) is 1.31. The van der Waals surface area contributed by atoms with E-state index in [0.717, 1.165) is 17.2 Å². The Morgan fingerprint density at radius 2 is 1.95 bits per heavy atom. The van der Waals surface area contributed by atoms with E-state index in [1.807, 2.05) is 30.3 Å². The zero-order valence-corrected chi connectivity index (χ0v) is 9.98. The van der Waals surface area contributed by atoms with Gasteiger partial charge in [0.25, 0.3) is 0 Å². The van der Waals surface area contributed by atoms with Crippen molar-refractivity contribution in [3.8, 4) is 11.6 Å². The third kappa shape index (κ3) is 2.28. The zero-order chi connectivity index (χ0) is 13.1. The molecule has 0 spiro atoms. The van der Waals surface area contributed by atoms with Crippen LogP contribution in [0.1, 0.15) is 10.4 Å². The number of carbonyl (C=O) groups excluding carboxylic acids is 1. The molecular formula is C15H10N2O2. The first-order chi connectivity index (χ1) is 9.36. The average Bonchev–Trinajstić information content (AvgIpc) is 2.48. The summed E-state index contributed by atoms with van der Waals surface area (Å²) in [7, 11) is 0. The minimum absolute atomic E-state index is 0.287. The molecule has 0 bridgehead atoms. The molecule has 0 aliphatic heterocycles. The van der Waals surface area contributed by atoms with Gasteiger partial charge in [0.2, 0.25) is 5.88 Å². The minimum Gasteiger partial charge on any atom is -0.437 e. The van der Waals surface area contributed by atoms with Gasteiger partial charge in [0, 0.05) is 11.6 Å². The van der Waals surface area contributed by atoms with Gasteiger partial charge in [-0.25, -0.2) is 4.98 Å². The quantitative estimate of drug-likeness (QED) is 0.669. The molecule has 0 aliphatic carbocycles. The van der Waals surface area contributed by atoms with E-state index in [0.29, 0.717) is 11.3 Å². The molecule has 0 unspecified atom stereocenters. The predicted molar refractivity (Wildman–Crippen MR) is 71.4 cm³/mol. The van der Waals surface area contributed by atoms with Crippen LogP contribution in [-0.2, 0) is 0 Å². The fourth-order valence-corrected chi connectivity index (χ4v) is 1.80. The molecule has 0 radical (unpaired) electrons. The van der Waals surface area contributed by atoms with Crippen LogP contribution in [-0.4, -0.2) is 16.3 Å². The summed E-state index contributed by atoms with van der Waals surface area (Å²) in [4.78, 5) is 19.2. The van der Waals surface area contributed by atoms with Crippen molar-refractivity contribution >= 4 is 17.2 Å². The first kappa shape index (κ1) is 11.3. The highest BCUT2D eigenvalue weighted by Crippen LogP contribution is 2.24. The number of fused-ring (bicyclic) bond motifs is 1. The molecule has 92 valence electrons.